The average Bonchev–Trinajstić information content (AvgIpc) is 2.45. The van der Waals surface area contributed by atoms with Crippen LogP contribution in [0.1, 0.15) is 34.3 Å². The Kier molecular flexibility index (Phi) is 4.78. The fourth-order valence-electron chi connectivity index (χ4n) is 2.40. The van der Waals surface area contributed by atoms with Crippen LogP contribution in [0, 0.1) is 18.8 Å². The van der Waals surface area contributed by atoms with Gasteiger partial charge in [-0.2, -0.15) is 0 Å². The molecule has 1 aliphatic rings. The lowest BCUT2D eigenvalue weighted by atomic mass is 10.0. The highest BCUT2D eigenvalue weighted by molar-refractivity contribution is 5.94. The zero-order chi connectivity index (χ0) is 14.5. The largest absolute Gasteiger partial charge is 0.391 e. The third-order valence-corrected chi connectivity index (χ3v) is 3.48. The first-order valence-corrected chi connectivity index (χ1v) is 6.88. The summed E-state index contributed by atoms with van der Waals surface area (Å²) >= 11 is 0. The predicted molar refractivity (Wildman–Crippen MR) is 78.3 cm³/mol. The molecule has 1 fully saturated rings. The molecule has 106 valence electrons. The Morgan fingerprint density at radius 2 is 2.35 bits per heavy atom. The number of amides is 1. The van der Waals surface area contributed by atoms with Crippen LogP contribution in [0.25, 0.3) is 0 Å². The van der Waals surface area contributed by atoms with Crippen molar-refractivity contribution in [3.8, 4) is 11.8 Å². The highest BCUT2D eigenvalue weighted by Crippen LogP contribution is 2.16. The molecule has 1 amide bonds. The summed E-state index contributed by atoms with van der Waals surface area (Å²) in [5.74, 6) is 5.78. The van der Waals surface area contributed by atoms with Crippen molar-refractivity contribution in [2.45, 2.75) is 25.9 Å². The number of likely N-dealkylation sites (tertiary alicyclic amines) is 1. The van der Waals surface area contributed by atoms with Gasteiger partial charge in [0.1, 0.15) is 0 Å². The molecule has 0 spiro atoms. The number of rotatable bonds is 1. The summed E-state index contributed by atoms with van der Waals surface area (Å²) in [6, 6.07) is 5.49. The van der Waals surface area contributed by atoms with Gasteiger partial charge in [-0.15, -0.1) is 0 Å². The molecule has 20 heavy (non-hydrogen) atoms. The van der Waals surface area contributed by atoms with Gasteiger partial charge >= 0.3 is 0 Å². The zero-order valence-electron chi connectivity index (χ0n) is 11.7. The summed E-state index contributed by atoms with van der Waals surface area (Å²) in [5.41, 5.74) is 7.87. The van der Waals surface area contributed by atoms with E-state index in [4.69, 9.17) is 5.73 Å². The molecular formula is C16H20N2O2. The fraction of sp³-hybridized carbons (Fsp3) is 0.438. The number of β-amino-alcohol motifs (C(OH)–C–C–N with tert-alkyl or cyclic N) is 1. The van der Waals surface area contributed by atoms with Crippen LogP contribution in [0.3, 0.4) is 0 Å². The number of hydrogen-bond donors (Lipinski definition) is 2. The van der Waals surface area contributed by atoms with E-state index in [1.165, 1.54) is 0 Å². The average molecular weight is 272 g/mol. The maximum atomic E-state index is 12.4. The van der Waals surface area contributed by atoms with Crippen molar-refractivity contribution in [2.75, 3.05) is 19.6 Å². The topological polar surface area (TPSA) is 66.6 Å². The van der Waals surface area contributed by atoms with Crippen molar-refractivity contribution in [3.63, 3.8) is 0 Å². The number of nitrogens with two attached hydrogens (primary N) is 1. The van der Waals surface area contributed by atoms with Crippen LogP contribution in [-0.2, 0) is 0 Å². The van der Waals surface area contributed by atoms with Crippen molar-refractivity contribution < 1.29 is 9.90 Å². The summed E-state index contributed by atoms with van der Waals surface area (Å²) in [5, 5.41) is 9.65. The first kappa shape index (κ1) is 14.6. The quantitative estimate of drug-likeness (QED) is 0.747. The zero-order valence-corrected chi connectivity index (χ0v) is 11.7. The Labute approximate surface area is 119 Å². The lowest BCUT2D eigenvalue weighted by molar-refractivity contribution is 0.0473. The van der Waals surface area contributed by atoms with Crippen LogP contribution >= 0.6 is 0 Å². The number of hydrogen-bond acceptors (Lipinski definition) is 3. The molecule has 4 nitrogen and oxygen atoms in total. The van der Waals surface area contributed by atoms with Gasteiger partial charge in [0.25, 0.3) is 5.91 Å². The van der Waals surface area contributed by atoms with E-state index < -0.39 is 6.10 Å². The Hall–Kier alpha value is -1.83. The summed E-state index contributed by atoms with van der Waals surface area (Å²) in [6.07, 6.45) is 1.23. The molecule has 3 N–H and O–H groups in total. The molecule has 1 unspecified atom stereocenters. The second kappa shape index (κ2) is 6.56. The summed E-state index contributed by atoms with van der Waals surface area (Å²) in [6.45, 7) is 3.39. The van der Waals surface area contributed by atoms with Crippen molar-refractivity contribution in [1.82, 2.24) is 4.90 Å². The highest BCUT2D eigenvalue weighted by atomic mass is 16.3. The monoisotopic (exact) mass is 272 g/mol. The maximum Gasteiger partial charge on any atom is 0.253 e. The highest BCUT2D eigenvalue weighted by Gasteiger charge is 2.23. The van der Waals surface area contributed by atoms with Crippen molar-refractivity contribution in [3.05, 3.63) is 34.9 Å². The standard InChI is InChI=1S/C16H20N2O2/c1-12-10-14(7-6-13(12)4-2-8-17)16(20)18-9-3-5-15(19)11-18/h6-7,10,15,19H,3,5,8-9,11,17H2,1H3. The Balaban J connectivity index is 2.16. The molecule has 0 bridgehead atoms. The molecular weight excluding hydrogens is 252 g/mol. The molecule has 0 saturated carbocycles. The fourth-order valence-corrected chi connectivity index (χ4v) is 2.40. The van der Waals surface area contributed by atoms with Crippen LogP contribution in [0.5, 0.6) is 0 Å². The van der Waals surface area contributed by atoms with Gasteiger partial charge in [-0.3, -0.25) is 4.79 Å². The summed E-state index contributed by atoms with van der Waals surface area (Å²) in [4.78, 5) is 14.1. The molecule has 1 atom stereocenters. The normalized spacial score (nSPS) is 18.4. The predicted octanol–water partition coefficient (Wildman–Crippen LogP) is 0.902. The lowest BCUT2D eigenvalue weighted by Gasteiger charge is -2.30. The Bertz CT molecular complexity index is 557. The number of nitrogens with zero attached hydrogens (tertiary/aromatic N) is 1. The van der Waals surface area contributed by atoms with E-state index in [2.05, 4.69) is 11.8 Å². The van der Waals surface area contributed by atoms with Crippen LogP contribution in [-0.4, -0.2) is 41.7 Å². The summed E-state index contributed by atoms with van der Waals surface area (Å²) in [7, 11) is 0. The van der Waals surface area contributed by atoms with E-state index in [-0.39, 0.29) is 5.91 Å². The molecule has 0 radical (unpaired) electrons. The number of aliphatic hydroxyl groups excluding tert-OH is 1. The number of piperidine rings is 1. The van der Waals surface area contributed by atoms with Crippen molar-refractivity contribution in [1.29, 1.82) is 0 Å². The first-order chi connectivity index (χ1) is 9.61. The molecule has 1 aromatic rings. The molecule has 1 aliphatic heterocycles. The van der Waals surface area contributed by atoms with E-state index in [1.807, 2.05) is 19.1 Å². The van der Waals surface area contributed by atoms with Gasteiger partial charge < -0.3 is 15.7 Å². The minimum absolute atomic E-state index is 0.0230. The molecule has 0 aromatic heterocycles. The van der Waals surface area contributed by atoms with Crippen LogP contribution in [0.4, 0.5) is 0 Å². The molecule has 1 saturated heterocycles. The first-order valence-electron chi connectivity index (χ1n) is 6.88. The number of aryl methyl sites for hydroxylation is 1. The van der Waals surface area contributed by atoms with Gasteiger partial charge in [-0.05, 0) is 43.5 Å². The van der Waals surface area contributed by atoms with E-state index in [1.54, 1.807) is 11.0 Å². The van der Waals surface area contributed by atoms with Crippen LogP contribution in [0.2, 0.25) is 0 Å². The third-order valence-electron chi connectivity index (χ3n) is 3.48. The van der Waals surface area contributed by atoms with E-state index in [0.29, 0.717) is 25.2 Å². The van der Waals surface area contributed by atoms with E-state index in [0.717, 1.165) is 24.0 Å². The molecule has 2 rings (SSSR count). The van der Waals surface area contributed by atoms with Gasteiger partial charge in [0, 0.05) is 24.2 Å². The number of carbonyl (C=O) groups excluding carboxylic acids is 1. The number of aliphatic hydroxyl groups is 1. The van der Waals surface area contributed by atoms with Gasteiger partial charge in [0.05, 0.1) is 12.6 Å². The van der Waals surface area contributed by atoms with Crippen LogP contribution < -0.4 is 5.73 Å². The summed E-state index contributed by atoms with van der Waals surface area (Å²) < 4.78 is 0. The minimum Gasteiger partial charge on any atom is -0.391 e. The second-order valence-corrected chi connectivity index (χ2v) is 5.08. The van der Waals surface area contributed by atoms with Crippen molar-refractivity contribution >= 4 is 5.91 Å². The number of carbonyl (C=O) groups is 1. The maximum absolute atomic E-state index is 12.4. The van der Waals surface area contributed by atoms with Crippen LogP contribution in [0.15, 0.2) is 18.2 Å². The van der Waals surface area contributed by atoms with Crippen molar-refractivity contribution in [2.24, 2.45) is 5.73 Å². The number of benzene rings is 1. The molecule has 1 aromatic carbocycles. The third kappa shape index (κ3) is 3.38. The molecule has 4 heteroatoms. The van der Waals surface area contributed by atoms with E-state index in [9.17, 15) is 9.90 Å². The Morgan fingerprint density at radius 1 is 1.55 bits per heavy atom. The van der Waals surface area contributed by atoms with E-state index >= 15 is 0 Å². The minimum atomic E-state index is -0.400. The molecule has 1 heterocycles. The van der Waals surface area contributed by atoms with Gasteiger partial charge in [0.15, 0.2) is 0 Å². The van der Waals surface area contributed by atoms with Gasteiger partial charge in [0.2, 0.25) is 0 Å². The SMILES string of the molecule is Cc1cc(C(=O)N2CCCC(O)C2)ccc1C#CCN. The van der Waals surface area contributed by atoms with Gasteiger partial charge in [-0.25, -0.2) is 0 Å². The molecule has 0 aliphatic carbocycles. The Morgan fingerprint density at radius 3 is 3.00 bits per heavy atom. The lowest BCUT2D eigenvalue weighted by Crippen LogP contribution is -2.42. The van der Waals surface area contributed by atoms with Gasteiger partial charge in [-0.1, -0.05) is 11.8 Å². The smallest absolute Gasteiger partial charge is 0.253 e. The second-order valence-electron chi connectivity index (χ2n) is 5.08.